The number of nitrogens with zero attached hydrogens (tertiary/aromatic N) is 1. The molecule has 0 unspecified atom stereocenters. The van der Waals surface area contributed by atoms with Gasteiger partial charge in [0.1, 0.15) is 11.4 Å². The zero-order chi connectivity index (χ0) is 15.8. The molecule has 0 spiro atoms. The molecule has 0 atom stereocenters. The van der Waals surface area contributed by atoms with Crippen molar-refractivity contribution < 1.29 is 19.2 Å². The predicted molar refractivity (Wildman–Crippen MR) is 81.2 cm³/mol. The van der Waals surface area contributed by atoms with E-state index in [-0.39, 0.29) is 24.6 Å². The summed E-state index contributed by atoms with van der Waals surface area (Å²) in [5.41, 5.74) is 0.267. The van der Waals surface area contributed by atoms with Gasteiger partial charge in [0, 0.05) is 6.54 Å². The van der Waals surface area contributed by atoms with E-state index in [1.807, 2.05) is 6.26 Å². The van der Waals surface area contributed by atoms with Gasteiger partial charge in [-0.05, 0) is 19.2 Å². The molecule has 0 aliphatic rings. The van der Waals surface area contributed by atoms with Gasteiger partial charge in [-0.1, -0.05) is 0 Å². The van der Waals surface area contributed by atoms with Crippen LogP contribution >= 0.6 is 11.8 Å². The van der Waals surface area contributed by atoms with Crippen LogP contribution in [0.4, 0.5) is 11.4 Å². The van der Waals surface area contributed by atoms with Crippen LogP contribution < -0.4 is 10.1 Å². The summed E-state index contributed by atoms with van der Waals surface area (Å²) in [6.07, 6.45) is 2.00. The molecule has 1 N–H and O–H groups in total. The van der Waals surface area contributed by atoms with Crippen molar-refractivity contribution in [2.75, 3.05) is 31.8 Å². The van der Waals surface area contributed by atoms with Crippen molar-refractivity contribution in [3.8, 4) is 5.75 Å². The summed E-state index contributed by atoms with van der Waals surface area (Å²) >= 11 is 1.42. The molecule has 21 heavy (non-hydrogen) atoms. The highest BCUT2D eigenvalue weighted by Gasteiger charge is 2.18. The second-order valence-electron chi connectivity index (χ2n) is 3.96. The van der Waals surface area contributed by atoms with E-state index in [4.69, 9.17) is 9.47 Å². The summed E-state index contributed by atoms with van der Waals surface area (Å²) in [5.74, 6) is 0.108. The van der Waals surface area contributed by atoms with Crippen molar-refractivity contribution in [1.82, 2.24) is 0 Å². The normalized spacial score (nSPS) is 10.0. The van der Waals surface area contributed by atoms with Crippen LogP contribution in [-0.2, 0) is 9.53 Å². The Labute approximate surface area is 127 Å². The molecule has 0 aliphatic heterocycles. The summed E-state index contributed by atoms with van der Waals surface area (Å²) < 4.78 is 9.93. The number of benzene rings is 1. The van der Waals surface area contributed by atoms with Gasteiger partial charge in [-0.3, -0.25) is 14.9 Å². The Bertz CT molecular complexity index is 522. The third-order valence-corrected chi connectivity index (χ3v) is 3.41. The molecule has 0 saturated carbocycles. The number of esters is 1. The molecule has 1 aromatic rings. The third-order valence-electron chi connectivity index (χ3n) is 2.65. The van der Waals surface area contributed by atoms with E-state index >= 15 is 0 Å². The van der Waals surface area contributed by atoms with Crippen molar-refractivity contribution in [3.05, 3.63) is 22.2 Å². The van der Waals surface area contributed by atoms with Gasteiger partial charge in [-0.2, -0.15) is 0 Å². The van der Waals surface area contributed by atoms with E-state index in [9.17, 15) is 14.9 Å². The van der Waals surface area contributed by atoms with Gasteiger partial charge in [0.15, 0.2) is 0 Å². The molecule has 0 amide bonds. The van der Waals surface area contributed by atoms with Crippen LogP contribution in [0.5, 0.6) is 5.75 Å². The first-order valence-corrected chi connectivity index (χ1v) is 7.55. The van der Waals surface area contributed by atoms with Crippen LogP contribution in [0.15, 0.2) is 17.0 Å². The summed E-state index contributed by atoms with van der Waals surface area (Å²) in [4.78, 5) is 22.6. The minimum absolute atomic E-state index is 0.0893. The van der Waals surface area contributed by atoms with E-state index in [0.29, 0.717) is 18.0 Å². The average molecular weight is 314 g/mol. The molecule has 1 rings (SSSR count). The van der Waals surface area contributed by atoms with Crippen molar-refractivity contribution in [1.29, 1.82) is 0 Å². The number of nitrogens with one attached hydrogen (secondary N) is 1. The van der Waals surface area contributed by atoms with Gasteiger partial charge < -0.3 is 14.8 Å². The smallest absolute Gasteiger partial charge is 0.307 e. The highest BCUT2D eigenvalue weighted by Crippen LogP contribution is 2.37. The molecule has 0 aromatic heterocycles. The fourth-order valence-corrected chi connectivity index (χ4v) is 2.27. The molecular formula is C13H18N2O5S. The maximum absolute atomic E-state index is 11.3. The number of thioether (sulfide) groups is 1. The number of ether oxygens (including phenoxy) is 2. The van der Waals surface area contributed by atoms with Crippen LogP contribution in [0.1, 0.15) is 13.3 Å². The van der Waals surface area contributed by atoms with Gasteiger partial charge in [0.25, 0.3) is 5.69 Å². The monoisotopic (exact) mass is 314 g/mol. The zero-order valence-electron chi connectivity index (χ0n) is 12.2. The Morgan fingerprint density at radius 2 is 2.19 bits per heavy atom. The Balaban J connectivity index is 2.89. The lowest BCUT2D eigenvalue weighted by Gasteiger charge is -2.11. The number of nitro groups is 1. The van der Waals surface area contributed by atoms with E-state index in [2.05, 4.69) is 5.32 Å². The summed E-state index contributed by atoms with van der Waals surface area (Å²) in [7, 11) is 1.46. The number of anilines is 1. The SMILES string of the molecule is CCOC(=O)CCNc1cc(SC)c(OC)cc1[N+](=O)[O-]. The number of hydrogen-bond acceptors (Lipinski definition) is 7. The largest absolute Gasteiger partial charge is 0.495 e. The van der Waals surface area contributed by atoms with Crippen LogP contribution in [0.25, 0.3) is 0 Å². The molecule has 1 aromatic carbocycles. The molecule has 0 radical (unpaired) electrons. The lowest BCUT2D eigenvalue weighted by molar-refractivity contribution is -0.384. The molecule has 0 fully saturated rings. The molecule has 0 saturated heterocycles. The number of methoxy groups -OCH3 is 1. The second-order valence-corrected chi connectivity index (χ2v) is 4.81. The number of rotatable bonds is 8. The van der Waals surface area contributed by atoms with Gasteiger partial charge in [0.05, 0.1) is 36.0 Å². The fourth-order valence-electron chi connectivity index (χ4n) is 1.69. The molecule has 116 valence electrons. The molecular weight excluding hydrogens is 296 g/mol. The first-order valence-electron chi connectivity index (χ1n) is 6.33. The van der Waals surface area contributed by atoms with Crippen LogP contribution in [0, 0.1) is 10.1 Å². The van der Waals surface area contributed by atoms with Crippen molar-refractivity contribution >= 4 is 29.1 Å². The summed E-state index contributed by atoms with van der Waals surface area (Å²) in [6, 6.07) is 3.02. The highest BCUT2D eigenvalue weighted by molar-refractivity contribution is 7.98. The first kappa shape index (κ1) is 17.1. The highest BCUT2D eigenvalue weighted by atomic mass is 32.2. The van der Waals surface area contributed by atoms with Gasteiger partial charge in [0.2, 0.25) is 0 Å². The van der Waals surface area contributed by atoms with Crippen LogP contribution in [0.3, 0.4) is 0 Å². The predicted octanol–water partition coefficient (Wildman–Crippen LogP) is 2.69. The first-order chi connectivity index (χ1) is 10.0. The lowest BCUT2D eigenvalue weighted by atomic mass is 10.2. The van der Waals surface area contributed by atoms with Gasteiger partial charge in [-0.15, -0.1) is 11.8 Å². The number of hydrogen-bond donors (Lipinski definition) is 1. The molecule has 8 heteroatoms. The fraction of sp³-hybridized carbons (Fsp3) is 0.462. The van der Waals surface area contributed by atoms with Crippen molar-refractivity contribution in [2.45, 2.75) is 18.2 Å². The van der Waals surface area contributed by atoms with Gasteiger partial charge >= 0.3 is 5.97 Å². The minimum atomic E-state index is -0.487. The maximum atomic E-state index is 11.3. The standard InChI is InChI=1S/C13H18N2O5S/c1-4-20-13(16)5-6-14-9-7-12(21-3)11(19-2)8-10(9)15(17)18/h7-8,14H,4-6H2,1-3H3. The Kier molecular flexibility index (Phi) is 6.80. The Hall–Kier alpha value is -1.96. The topological polar surface area (TPSA) is 90.7 Å². The van der Waals surface area contributed by atoms with E-state index in [1.165, 1.54) is 24.9 Å². The molecule has 7 nitrogen and oxygen atoms in total. The minimum Gasteiger partial charge on any atom is -0.495 e. The summed E-state index contributed by atoms with van der Waals surface area (Å²) in [6.45, 7) is 2.31. The molecule has 0 aliphatic carbocycles. The van der Waals surface area contributed by atoms with Crippen LogP contribution in [-0.4, -0.2) is 37.4 Å². The number of carbonyl (C=O) groups is 1. The van der Waals surface area contributed by atoms with Crippen molar-refractivity contribution in [3.63, 3.8) is 0 Å². The molecule has 0 bridgehead atoms. The zero-order valence-corrected chi connectivity index (χ0v) is 13.0. The molecule has 0 heterocycles. The lowest BCUT2D eigenvalue weighted by Crippen LogP contribution is -2.12. The number of nitro benzene ring substituents is 1. The number of carbonyl (C=O) groups excluding carboxylic acids is 1. The Morgan fingerprint density at radius 1 is 1.48 bits per heavy atom. The summed E-state index contributed by atoms with van der Waals surface area (Å²) in [5, 5.41) is 14.0. The second kappa shape index (κ2) is 8.35. The maximum Gasteiger partial charge on any atom is 0.307 e. The van der Waals surface area contributed by atoms with Crippen molar-refractivity contribution in [2.24, 2.45) is 0 Å². The quantitative estimate of drug-likeness (QED) is 0.341. The average Bonchev–Trinajstić information content (AvgIpc) is 2.46. The van der Waals surface area contributed by atoms with E-state index < -0.39 is 4.92 Å². The third kappa shape index (κ3) is 4.82. The van der Waals surface area contributed by atoms with Crippen LogP contribution in [0.2, 0.25) is 0 Å². The van der Waals surface area contributed by atoms with E-state index in [1.54, 1.807) is 13.0 Å². The van der Waals surface area contributed by atoms with Gasteiger partial charge in [-0.25, -0.2) is 0 Å². The Morgan fingerprint density at radius 3 is 2.71 bits per heavy atom. The van der Waals surface area contributed by atoms with E-state index in [0.717, 1.165) is 4.90 Å².